The summed E-state index contributed by atoms with van der Waals surface area (Å²) in [5.41, 5.74) is 0.321. The molecule has 25 heavy (non-hydrogen) atoms. The third-order valence-electron chi connectivity index (χ3n) is 3.28. The number of hydrogen-bond acceptors (Lipinski definition) is 2. The third kappa shape index (κ3) is 4.94. The summed E-state index contributed by atoms with van der Waals surface area (Å²) in [5.74, 6) is -5.70. The maximum absolute atomic E-state index is 13.5. The van der Waals surface area contributed by atoms with Crippen molar-refractivity contribution < 1.29 is 22.8 Å². The highest BCUT2D eigenvalue weighted by atomic mass is 19.2. The molecule has 2 amide bonds. The lowest BCUT2D eigenvalue weighted by Gasteiger charge is -2.15. The molecule has 2 rings (SSSR count). The van der Waals surface area contributed by atoms with Crippen LogP contribution in [-0.4, -0.2) is 30.3 Å². The van der Waals surface area contributed by atoms with Gasteiger partial charge < -0.3 is 10.2 Å². The van der Waals surface area contributed by atoms with Crippen molar-refractivity contribution in [2.75, 3.05) is 18.9 Å². The molecule has 2 aromatic rings. The van der Waals surface area contributed by atoms with Gasteiger partial charge in [-0.2, -0.15) is 0 Å². The molecule has 0 unspecified atom stereocenters. The monoisotopic (exact) mass is 348 g/mol. The van der Waals surface area contributed by atoms with Gasteiger partial charge in [0.2, 0.25) is 11.8 Å². The molecule has 0 aliphatic carbocycles. The number of benzene rings is 2. The van der Waals surface area contributed by atoms with Crippen molar-refractivity contribution in [2.24, 2.45) is 0 Å². The van der Waals surface area contributed by atoms with Crippen LogP contribution >= 0.6 is 0 Å². The number of nitrogens with zero attached hydrogens (tertiary/aromatic N) is 1. The molecule has 7 heteroatoms. The molecule has 0 heterocycles. The van der Waals surface area contributed by atoms with E-state index in [9.17, 15) is 22.8 Å². The Morgan fingerprint density at radius 2 is 1.72 bits per heavy atom. The summed E-state index contributed by atoms with van der Waals surface area (Å²) in [6.07, 6.45) is 2.88. The van der Waals surface area contributed by atoms with Crippen molar-refractivity contribution in [3.8, 4) is 0 Å². The quantitative estimate of drug-likeness (QED) is 0.666. The van der Waals surface area contributed by atoms with Gasteiger partial charge in [-0.1, -0.05) is 30.3 Å². The first-order valence-electron chi connectivity index (χ1n) is 7.30. The molecule has 0 radical (unpaired) electrons. The fraction of sp³-hybridized carbons (Fsp3) is 0.111. The number of carbonyl (C=O) groups is 2. The minimum atomic E-state index is -1.67. The lowest BCUT2D eigenvalue weighted by atomic mass is 10.2. The van der Waals surface area contributed by atoms with Crippen LogP contribution in [0.1, 0.15) is 5.56 Å². The molecule has 0 aromatic heterocycles. The van der Waals surface area contributed by atoms with Crippen molar-refractivity contribution in [1.29, 1.82) is 0 Å². The van der Waals surface area contributed by atoms with Gasteiger partial charge >= 0.3 is 0 Å². The second-order valence-corrected chi connectivity index (χ2v) is 5.21. The van der Waals surface area contributed by atoms with Crippen LogP contribution < -0.4 is 5.32 Å². The lowest BCUT2D eigenvalue weighted by Crippen LogP contribution is -2.34. The summed E-state index contributed by atoms with van der Waals surface area (Å²) in [5, 5.41) is 2.10. The maximum atomic E-state index is 13.5. The molecule has 0 bridgehead atoms. The molecule has 0 aliphatic heterocycles. The zero-order valence-electron chi connectivity index (χ0n) is 13.3. The van der Waals surface area contributed by atoms with Gasteiger partial charge in [0.25, 0.3) is 0 Å². The highest BCUT2D eigenvalue weighted by molar-refractivity contribution is 5.97. The second-order valence-electron chi connectivity index (χ2n) is 5.21. The van der Waals surface area contributed by atoms with Gasteiger partial charge in [-0.25, -0.2) is 13.2 Å². The smallest absolute Gasteiger partial charge is 0.246 e. The number of carbonyl (C=O) groups excluding carboxylic acids is 2. The SMILES string of the molecule is CN(CC(=O)Nc1ccc(F)c(F)c1F)C(=O)/C=C/c1ccccc1. The van der Waals surface area contributed by atoms with Crippen LogP contribution in [0.3, 0.4) is 0 Å². The van der Waals surface area contributed by atoms with E-state index in [0.29, 0.717) is 6.07 Å². The fourth-order valence-corrected chi connectivity index (χ4v) is 1.96. The van der Waals surface area contributed by atoms with E-state index < -0.39 is 35.0 Å². The summed E-state index contributed by atoms with van der Waals surface area (Å²) in [6, 6.07) is 10.7. The van der Waals surface area contributed by atoms with E-state index >= 15 is 0 Å². The summed E-state index contributed by atoms with van der Waals surface area (Å²) < 4.78 is 39.5. The van der Waals surface area contributed by atoms with Gasteiger partial charge in [-0.3, -0.25) is 9.59 Å². The van der Waals surface area contributed by atoms with E-state index in [0.717, 1.165) is 16.5 Å². The summed E-state index contributed by atoms with van der Waals surface area (Å²) in [4.78, 5) is 24.9. The van der Waals surface area contributed by atoms with Gasteiger partial charge in [0.05, 0.1) is 12.2 Å². The van der Waals surface area contributed by atoms with Crippen molar-refractivity contribution in [1.82, 2.24) is 4.90 Å². The van der Waals surface area contributed by atoms with Crippen molar-refractivity contribution in [3.05, 3.63) is 71.6 Å². The Labute approximate surface area is 142 Å². The number of hydrogen-bond donors (Lipinski definition) is 1. The minimum Gasteiger partial charge on any atom is -0.333 e. The van der Waals surface area contributed by atoms with E-state index in [1.54, 1.807) is 6.08 Å². The predicted molar refractivity (Wildman–Crippen MR) is 88.1 cm³/mol. The zero-order valence-corrected chi connectivity index (χ0v) is 13.3. The highest BCUT2D eigenvalue weighted by Crippen LogP contribution is 2.19. The normalized spacial score (nSPS) is 10.7. The Kier molecular flexibility index (Phi) is 5.94. The number of likely N-dealkylation sites (N-methyl/N-ethyl adjacent to an activating group) is 1. The number of nitrogens with one attached hydrogen (secondary N) is 1. The van der Waals surface area contributed by atoms with E-state index in [4.69, 9.17) is 0 Å². The number of rotatable bonds is 5. The maximum Gasteiger partial charge on any atom is 0.246 e. The van der Waals surface area contributed by atoms with Crippen LogP contribution in [-0.2, 0) is 9.59 Å². The molecule has 0 saturated carbocycles. The lowest BCUT2D eigenvalue weighted by molar-refractivity contribution is -0.129. The number of amides is 2. The second kappa shape index (κ2) is 8.14. The zero-order chi connectivity index (χ0) is 18.4. The number of anilines is 1. The standard InChI is InChI=1S/C18H15F3N2O2/c1-23(16(25)10-7-12-5-3-2-4-6-12)11-15(24)22-14-9-8-13(19)17(20)18(14)21/h2-10H,11H2,1H3,(H,22,24)/b10-7+. The summed E-state index contributed by atoms with van der Waals surface area (Å²) >= 11 is 0. The third-order valence-corrected chi connectivity index (χ3v) is 3.28. The minimum absolute atomic E-state index is 0.379. The Hall–Kier alpha value is -3.09. The van der Waals surface area contributed by atoms with Gasteiger partial charge in [-0.15, -0.1) is 0 Å². The van der Waals surface area contributed by atoms with Gasteiger partial charge in [0.1, 0.15) is 0 Å². The summed E-state index contributed by atoms with van der Waals surface area (Å²) in [6.45, 7) is -0.379. The van der Waals surface area contributed by atoms with Crippen LogP contribution in [0.2, 0.25) is 0 Å². The molecule has 0 atom stereocenters. The van der Waals surface area contributed by atoms with E-state index in [-0.39, 0.29) is 6.54 Å². The Morgan fingerprint density at radius 1 is 1.04 bits per heavy atom. The molecule has 0 spiro atoms. The molecular weight excluding hydrogens is 333 g/mol. The van der Waals surface area contributed by atoms with Gasteiger partial charge in [0, 0.05) is 13.1 Å². The Morgan fingerprint density at radius 3 is 2.40 bits per heavy atom. The average molecular weight is 348 g/mol. The van der Waals surface area contributed by atoms with Crippen LogP contribution in [0.5, 0.6) is 0 Å². The van der Waals surface area contributed by atoms with E-state index in [1.165, 1.54) is 13.1 Å². The average Bonchev–Trinajstić information content (AvgIpc) is 2.61. The van der Waals surface area contributed by atoms with E-state index in [2.05, 4.69) is 5.32 Å². The van der Waals surface area contributed by atoms with Gasteiger partial charge in [-0.05, 0) is 23.8 Å². The number of halogens is 3. The summed E-state index contributed by atoms with van der Waals surface area (Å²) in [7, 11) is 1.39. The van der Waals surface area contributed by atoms with Crippen LogP contribution in [0.4, 0.5) is 18.9 Å². The molecule has 0 saturated heterocycles. The molecule has 4 nitrogen and oxygen atoms in total. The van der Waals surface area contributed by atoms with Crippen molar-refractivity contribution in [3.63, 3.8) is 0 Å². The molecule has 0 aliphatic rings. The predicted octanol–water partition coefficient (Wildman–Crippen LogP) is 3.21. The fourth-order valence-electron chi connectivity index (χ4n) is 1.96. The molecule has 0 fully saturated rings. The molecular formula is C18H15F3N2O2. The first kappa shape index (κ1) is 18.3. The van der Waals surface area contributed by atoms with Gasteiger partial charge in [0.15, 0.2) is 17.5 Å². The largest absolute Gasteiger partial charge is 0.333 e. The molecule has 130 valence electrons. The van der Waals surface area contributed by atoms with Crippen molar-refractivity contribution >= 4 is 23.6 Å². The van der Waals surface area contributed by atoms with Crippen LogP contribution in [0.25, 0.3) is 6.08 Å². The van der Waals surface area contributed by atoms with Crippen LogP contribution in [0.15, 0.2) is 48.5 Å². The Bertz CT molecular complexity index is 807. The first-order chi connectivity index (χ1) is 11.9. The van der Waals surface area contributed by atoms with E-state index in [1.807, 2.05) is 30.3 Å². The molecule has 2 aromatic carbocycles. The topological polar surface area (TPSA) is 49.4 Å². The van der Waals surface area contributed by atoms with Crippen LogP contribution in [0, 0.1) is 17.5 Å². The highest BCUT2D eigenvalue weighted by Gasteiger charge is 2.16. The first-order valence-corrected chi connectivity index (χ1v) is 7.30. The molecule has 1 N–H and O–H groups in total. The Balaban J connectivity index is 1.95. The van der Waals surface area contributed by atoms with Crippen molar-refractivity contribution in [2.45, 2.75) is 0 Å².